The molecule has 7 nitrogen and oxygen atoms in total. The van der Waals surface area contributed by atoms with E-state index < -0.39 is 10.0 Å². The highest BCUT2D eigenvalue weighted by molar-refractivity contribution is 7.92. The fraction of sp³-hybridized carbons (Fsp3) is 0.267. The van der Waals surface area contributed by atoms with E-state index in [9.17, 15) is 8.42 Å². The minimum Gasteiger partial charge on any atom is -0.493 e. The van der Waals surface area contributed by atoms with Crippen LogP contribution in [0.5, 0.6) is 11.5 Å². The van der Waals surface area contributed by atoms with Gasteiger partial charge in [0.2, 0.25) is 10.0 Å². The number of hydrogen-bond acceptors (Lipinski definition) is 6. The molecule has 0 aliphatic heterocycles. The molecule has 0 spiro atoms. The standard InChI is InChI=1S/C15H19N3O4S/c1-21-13-6-4-11(8-14(13)22-2)9-16-15-7-5-12(10-17-15)18-23(3,19)20/h4-8,10,18H,9H2,1-3H3,(H,16,17). The molecular weight excluding hydrogens is 318 g/mol. The Morgan fingerprint density at radius 1 is 1.09 bits per heavy atom. The molecule has 2 rings (SSSR count). The number of rotatable bonds is 7. The van der Waals surface area contributed by atoms with E-state index >= 15 is 0 Å². The fourth-order valence-electron chi connectivity index (χ4n) is 1.96. The van der Waals surface area contributed by atoms with Crippen LogP contribution < -0.4 is 19.5 Å². The number of aromatic nitrogens is 1. The average Bonchev–Trinajstić information content (AvgIpc) is 2.52. The lowest BCUT2D eigenvalue weighted by atomic mass is 10.2. The summed E-state index contributed by atoms with van der Waals surface area (Å²) >= 11 is 0. The number of methoxy groups -OCH3 is 2. The van der Waals surface area contributed by atoms with E-state index in [1.54, 1.807) is 26.4 Å². The molecular formula is C15H19N3O4S. The SMILES string of the molecule is COc1ccc(CNc2ccc(NS(C)(=O)=O)cn2)cc1OC. The summed E-state index contributed by atoms with van der Waals surface area (Å²) in [7, 11) is -0.119. The van der Waals surface area contributed by atoms with E-state index in [0.717, 1.165) is 11.8 Å². The van der Waals surface area contributed by atoms with E-state index in [0.29, 0.717) is 29.5 Å². The zero-order valence-electron chi connectivity index (χ0n) is 13.2. The van der Waals surface area contributed by atoms with Crippen molar-refractivity contribution in [1.29, 1.82) is 0 Å². The minimum atomic E-state index is -3.30. The second kappa shape index (κ2) is 7.19. The lowest BCUT2D eigenvalue weighted by Crippen LogP contribution is -2.10. The minimum absolute atomic E-state index is 0.421. The van der Waals surface area contributed by atoms with Crippen LogP contribution in [0, 0.1) is 0 Å². The number of sulfonamides is 1. The van der Waals surface area contributed by atoms with Crippen LogP contribution in [0.3, 0.4) is 0 Å². The number of nitrogens with zero attached hydrogens (tertiary/aromatic N) is 1. The first-order valence-electron chi connectivity index (χ1n) is 6.80. The predicted octanol–water partition coefficient (Wildman–Crippen LogP) is 2.08. The Morgan fingerprint density at radius 2 is 1.83 bits per heavy atom. The van der Waals surface area contributed by atoms with Crippen LogP contribution in [0.1, 0.15) is 5.56 Å². The zero-order valence-corrected chi connectivity index (χ0v) is 14.0. The summed E-state index contributed by atoms with van der Waals surface area (Å²) in [6.07, 6.45) is 2.55. The predicted molar refractivity (Wildman–Crippen MR) is 89.6 cm³/mol. The van der Waals surface area contributed by atoms with Gasteiger partial charge < -0.3 is 14.8 Å². The Kier molecular flexibility index (Phi) is 5.28. The van der Waals surface area contributed by atoms with Gasteiger partial charge in [-0.25, -0.2) is 13.4 Å². The summed E-state index contributed by atoms with van der Waals surface area (Å²) in [5, 5.41) is 3.16. The summed E-state index contributed by atoms with van der Waals surface area (Å²) in [5.41, 5.74) is 1.42. The van der Waals surface area contributed by atoms with Crippen LogP contribution in [-0.4, -0.2) is 33.9 Å². The van der Waals surface area contributed by atoms with Gasteiger partial charge in [0.05, 0.1) is 32.4 Å². The van der Waals surface area contributed by atoms with E-state index in [1.165, 1.54) is 6.20 Å². The molecule has 0 radical (unpaired) electrons. The Hall–Kier alpha value is -2.48. The molecule has 0 amide bonds. The molecule has 0 fully saturated rings. The van der Waals surface area contributed by atoms with Gasteiger partial charge in [0.25, 0.3) is 0 Å². The molecule has 124 valence electrons. The molecule has 2 aromatic rings. The van der Waals surface area contributed by atoms with Gasteiger partial charge in [-0.1, -0.05) is 6.07 Å². The van der Waals surface area contributed by atoms with Crippen molar-refractivity contribution in [1.82, 2.24) is 4.98 Å². The largest absolute Gasteiger partial charge is 0.493 e. The lowest BCUT2D eigenvalue weighted by Gasteiger charge is -2.11. The van der Waals surface area contributed by atoms with Crippen LogP contribution in [0.25, 0.3) is 0 Å². The van der Waals surface area contributed by atoms with Gasteiger partial charge in [-0.3, -0.25) is 4.72 Å². The summed E-state index contributed by atoms with van der Waals surface area (Å²) in [5.74, 6) is 1.97. The highest BCUT2D eigenvalue weighted by atomic mass is 32.2. The Labute approximate surface area is 135 Å². The molecule has 8 heteroatoms. The Balaban J connectivity index is 2.01. The van der Waals surface area contributed by atoms with Crippen molar-refractivity contribution in [2.24, 2.45) is 0 Å². The van der Waals surface area contributed by atoms with Gasteiger partial charge in [-0.2, -0.15) is 0 Å². The Morgan fingerprint density at radius 3 is 2.39 bits per heavy atom. The second-order valence-corrected chi connectivity index (χ2v) is 6.60. The molecule has 0 aliphatic rings. The van der Waals surface area contributed by atoms with Gasteiger partial charge in [0.1, 0.15) is 5.82 Å². The molecule has 0 bridgehead atoms. The maximum atomic E-state index is 11.1. The quantitative estimate of drug-likeness (QED) is 0.804. The van der Waals surface area contributed by atoms with Crippen molar-refractivity contribution >= 4 is 21.5 Å². The third kappa shape index (κ3) is 5.03. The van der Waals surface area contributed by atoms with Crippen LogP contribution in [0.4, 0.5) is 11.5 Å². The van der Waals surface area contributed by atoms with E-state index in [2.05, 4.69) is 15.0 Å². The molecule has 0 saturated carbocycles. The normalized spacial score (nSPS) is 10.9. The van der Waals surface area contributed by atoms with Crippen LogP contribution in [0.2, 0.25) is 0 Å². The second-order valence-electron chi connectivity index (χ2n) is 4.85. The topological polar surface area (TPSA) is 89.6 Å². The van der Waals surface area contributed by atoms with Crippen molar-refractivity contribution in [2.75, 3.05) is 30.5 Å². The molecule has 0 saturated heterocycles. The van der Waals surface area contributed by atoms with Gasteiger partial charge >= 0.3 is 0 Å². The van der Waals surface area contributed by atoms with Crippen molar-refractivity contribution in [3.8, 4) is 11.5 Å². The van der Waals surface area contributed by atoms with Gasteiger partial charge in [0.15, 0.2) is 11.5 Å². The number of hydrogen-bond donors (Lipinski definition) is 2. The number of nitrogens with one attached hydrogen (secondary N) is 2. The molecule has 23 heavy (non-hydrogen) atoms. The number of anilines is 2. The van der Waals surface area contributed by atoms with Crippen LogP contribution in [-0.2, 0) is 16.6 Å². The molecule has 0 aliphatic carbocycles. The van der Waals surface area contributed by atoms with E-state index in [4.69, 9.17) is 9.47 Å². The van der Waals surface area contributed by atoms with Gasteiger partial charge in [-0.05, 0) is 29.8 Å². The highest BCUT2D eigenvalue weighted by Crippen LogP contribution is 2.27. The van der Waals surface area contributed by atoms with Crippen molar-refractivity contribution in [3.63, 3.8) is 0 Å². The van der Waals surface area contributed by atoms with Crippen molar-refractivity contribution < 1.29 is 17.9 Å². The van der Waals surface area contributed by atoms with Crippen molar-refractivity contribution in [2.45, 2.75) is 6.54 Å². The summed E-state index contributed by atoms with van der Waals surface area (Å²) < 4.78 is 35.1. The zero-order chi connectivity index (χ0) is 16.9. The first-order valence-corrected chi connectivity index (χ1v) is 8.69. The molecule has 0 unspecified atom stereocenters. The smallest absolute Gasteiger partial charge is 0.229 e. The molecule has 1 aromatic heterocycles. The number of pyridine rings is 1. The lowest BCUT2D eigenvalue weighted by molar-refractivity contribution is 0.354. The monoisotopic (exact) mass is 337 g/mol. The molecule has 1 heterocycles. The van der Waals surface area contributed by atoms with Crippen LogP contribution >= 0.6 is 0 Å². The van der Waals surface area contributed by atoms with E-state index in [1.807, 2.05) is 18.2 Å². The third-order valence-corrected chi connectivity index (χ3v) is 3.59. The summed E-state index contributed by atoms with van der Waals surface area (Å²) in [6.45, 7) is 0.548. The summed E-state index contributed by atoms with van der Waals surface area (Å²) in [6, 6.07) is 8.99. The first-order chi connectivity index (χ1) is 10.9. The number of benzene rings is 1. The first kappa shape index (κ1) is 16.9. The third-order valence-electron chi connectivity index (χ3n) is 2.99. The van der Waals surface area contributed by atoms with E-state index in [-0.39, 0.29) is 0 Å². The number of ether oxygens (including phenoxy) is 2. The van der Waals surface area contributed by atoms with Gasteiger partial charge in [-0.15, -0.1) is 0 Å². The maximum Gasteiger partial charge on any atom is 0.229 e. The molecule has 2 N–H and O–H groups in total. The van der Waals surface area contributed by atoms with Crippen LogP contribution in [0.15, 0.2) is 36.5 Å². The maximum absolute atomic E-state index is 11.1. The fourth-order valence-corrected chi connectivity index (χ4v) is 2.50. The summed E-state index contributed by atoms with van der Waals surface area (Å²) in [4.78, 5) is 4.16. The highest BCUT2D eigenvalue weighted by Gasteiger charge is 2.05. The van der Waals surface area contributed by atoms with Crippen molar-refractivity contribution in [3.05, 3.63) is 42.1 Å². The molecule has 1 aromatic carbocycles. The Bertz CT molecular complexity index is 761. The van der Waals surface area contributed by atoms with Gasteiger partial charge in [0, 0.05) is 6.54 Å². The molecule has 0 atom stereocenters. The average molecular weight is 337 g/mol.